The topological polar surface area (TPSA) is 46.6 Å². The quantitative estimate of drug-likeness (QED) is 0.320. The van der Waals surface area contributed by atoms with Gasteiger partial charge in [0.15, 0.2) is 0 Å². The van der Waals surface area contributed by atoms with Gasteiger partial charge in [-0.25, -0.2) is 0 Å². The largest absolute Gasteiger partial charge is 0.457 e. The molecule has 1 aliphatic heterocycles. The third-order valence-electron chi connectivity index (χ3n) is 6.71. The molecule has 0 aliphatic carbocycles. The lowest BCUT2D eigenvalue weighted by Crippen LogP contribution is -2.43. The minimum Gasteiger partial charge on any atom is -0.457 e. The van der Waals surface area contributed by atoms with Crippen LogP contribution >= 0.6 is 0 Å². The first-order valence-corrected chi connectivity index (χ1v) is 12.1. The Bertz CT molecular complexity index is 1140. The highest BCUT2D eigenvalue weighted by Gasteiger charge is 2.34. The molecule has 0 N–H and O–H groups in total. The first kappa shape index (κ1) is 23.0. The van der Waals surface area contributed by atoms with E-state index in [4.69, 9.17) is 4.74 Å². The van der Waals surface area contributed by atoms with Gasteiger partial charge in [0.2, 0.25) is 0 Å². The summed E-state index contributed by atoms with van der Waals surface area (Å²) in [7, 11) is 0. The molecule has 0 bridgehead atoms. The van der Waals surface area contributed by atoms with Crippen LogP contribution in [0.3, 0.4) is 0 Å². The molecule has 4 heteroatoms. The summed E-state index contributed by atoms with van der Waals surface area (Å²) in [6.45, 7) is 9.09. The number of carbonyl (C=O) groups excluding carboxylic acids is 2. The van der Waals surface area contributed by atoms with Gasteiger partial charge in [0, 0.05) is 28.4 Å². The molecule has 3 aromatic rings. The third-order valence-corrected chi connectivity index (χ3v) is 6.71. The Morgan fingerprint density at radius 1 is 0.879 bits per heavy atom. The Morgan fingerprint density at radius 2 is 1.58 bits per heavy atom. The fourth-order valence-electron chi connectivity index (χ4n) is 4.60. The maximum Gasteiger partial charge on any atom is 0.261 e. The zero-order valence-electron chi connectivity index (χ0n) is 20.1. The average molecular weight is 444 g/mol. The molecule has 172 valence electrons. The van der Waals surface area contributed by atoms with E-state index in [1.54, 1.807) is 6.07 Å². The highest BCUT2D eigenvalue weighted by molar-refractivity contribution is 6.26. The van der Waals surface area contributed by atoms with E-state index in [2.05, 4.69) is 39.8 Å². The molecule has 1 atom stereocenters. The van der Waals surface area contributed by atoms with Gasteiger partial charge in [-0.3, -0.25) is 14.5 Å². The van der Waals surface area contributed by atoms with Gasteiger partial charge in [0.25, 0.3) is 11.8 Å². The maximum atomic E-state index is 13.4. The molecule has 33 heavy (non-hydrogen) atoms. The van der Waals surface area contributed by atoms with Gasteiger partial charge in [-0.1, -0.05) is 71.2 Å². The average Bonchev–Trinajstić information content (AvgIpc) is 2.83. The highest BCUT2D eigenvalue weighted by atomic mass is 16.5. The Hall–Kier alpha value is -3.14. The standard InChI is InChI=1S/C29H33NO3/c1-5-7-9-20(6-2)18-30-28(31)24-11-8-10-23-26(17-16-25(27(23)24)29(30)32)33-22-14-12-21(13-15-22)19(3)4/h8,10-17,19-20H,5-7,9,18H2,1-4H3. The number of hydrogen-bond donors (Lipinski definition) is 0. The van der Waals surface area contributed by atoms with E-state index in [0.29, 0.717) is 40.6 Å². The summed E-state index contributed by atoms with van der Waals surface area (Å²) in [4.78, 5) is 28.2. The molecule has 4 nitrogen and oxygen atoms in total. The highest BCUT2D eigenvalue weighted by Crippen LogP contribution is 2.38. The van der Waals surface area contributed by atoms with Gasteiger partial charge < -0.3 is 4.74 Å². The van der Waals surface area contributed by atoms with Crippen molar-refractivity contribution in [2.24, 2.45) is 5.92 Å². The number of carbonyl (C=O) groups is 2. The van der Waals surface area contributed by atoms with E-state index in [-0.39, 0.29) is 11.8 Å². The number of benzene rings is 3. The molecule has 4 rings (SSSR count). The summed E-state index contributed by atoms with van der Waals surface area (Å²) in [6, 6.07) is 17.3. The minimum absolute atomic E-state index is 0.202. The number of hydrogen-bond acceptors (Lipinski definition) is 3. The molecule has 0 fully saturated rings. The fraction of sp³-hybridized carbons (Fsp3) is 0.379. The van der Waals surface area contributed by atoms with Crippen molar-refractivity contribution in [1.82, 2.24) is 4.90 Å². The maximum absolute atomic E-state index is 13.4. The van der Waals surface area contributed by atoms with Gasteiger partial charge in [0.1, 0.15) is 11.5 Å². The summed E-state index contributed by atoms with van der Waals surface area (Å²) in [5.41, 5.74) is 2.40. The van der Waals surface area contributed by atoms with Gasteiger partial charge in [-0.2, -0.15) is 0 Å². The Kier molecular flexibility index (Phi) is 6.83. The van der Waals surface area contributed by atoms with Crippen molar-refractivity contribution < 1.29 is 14.3 Å². The van der Waals surface area contributed by atoms with Crippen molar-refractivity contribution in [2.75, 3.05) is 6.54 Å². The first-order chi connectivity index (χ1) is 15.9. The van der Waals surface area contributed by atoms with Crippen LogP contribution in [0.2, 0.25) is 0 Å². The number of rotatable bonds is 9. The van der Waals surface area contributed by atoms with Gasteiger partial charge in [0.05, 0.1) is 0 Å². The fourth-order valence-corrected chi connectivity index (χ4v) is 4.60. The summed E-state index contributed by atoms with van der Waals surface area (Å²) in [5, 5.41) is 1.49. The number of unbranched alkanes of at least 4 members (excludes halogenated alkanes) is 1. The third kappa shape index (κ3) is 4.52. The van der Waals surface area contributed by atoms with E-state index in [0.717, 1.165) is 36.8 Å². The van der Waals surface area contributed by atoms with Crippen LogP contribution in [-0.2, 0) is 0 Å². The summed E-state index contributed by atoms with van der Waals surface area (Å²) < 4.78 is 6.19. The zero-order valence-corrected chi connectivity index (χ0v) is 20.1. The van der Waals surface area contributed by atoms with Crippen LogP contribution in [-0.4, -0.2) is 23.3 Å². The van der Waals surface area contributed by atoms with Crippen molar-refractivity contribution >= 4 is 22.6 Å². The summed E-state index contributed by atoms with van der Waals surface area (Å²) in [6.07, 6.45) is 4.21. The number of ether oxygens (including phenoxy) is 1. The van der Waals surface area contributed by atoms with Crippen LogP contribution in [0, 0.1) is 5.92 Å². The molecular weight excluding hydrogens is 410 g/mol. The second kappa shape index (κ2) is 9.78. The lowest BCUT2D eigenvalue weighted by atomic mass is 9.91. The molecule has 0 saturated carbocycles. The lowest BCUT2D eigenvalue weighted by molar-refractivity contribution is 0.0580. The monoisotopic (exact) mass is 443 g/mol. The smallest absolute Gasteiger partial charge is 0.261 e. The summed E-state index contributed by atoms with van der Waals surface area (Å²) in [5.74, 6) is 1.76. The molecule has 0 radical (unpaired) electrons. The molecule has 0 aromatic heterocycles. The normalized spacial score (nSPS) is 14.3. The Morgan fingerprint density at radius 3 is 2.21 bits per heavy atom. The van der Waals surface area contributed by atoms with Crippen LogP contribution in [0.5, 0.6) is 11.5 Å². The van der Waals surface area contributed by atoms with Crippen LogP contribution in [0.1, 0.15) is 85.6 Å². The zero-order chi connectivity index (χ0) is 23.5. The Labute approximate surface area is 196 Å². The van der Waals surface area contributed by atoms with Gasteiger partial charge in [-0.15, -0.1) is 0 Å². The number of amides is 2. The molecule has 0 spiro atoms. The van der Waals surface area contributed by atoms with E-state index in [9.17, 15) is 9.59 Å². The lowest BCUT2D eigenvalue weighted by Gasteiger charge is -2.30. The molecular formula is C29H33NO3. The van der Waals surface area contributed by atoms with Crippen LogP contribution in [0.4, 0.5) is 0 Å². The second-order valence-corrected chi connectivity index (χ2v) is 9.30. The van der Waals surface area contributed by atoms with E-state index in [1.165, 1.54) is 10.5 Å². The molecule has 3 aromatic carbocycles. The predicted molar refractivity (Wildman–Crippen MR) is 133 cm³/mol. The molecule has 2 amide bonds. The number of nitrogens with zero attached hydrogens (tertiary/aromatic N) is 1. The van der Waals surface area contributed by atoms with Crippen molar-refractivity contribution in [3.05, 3.63) is 71.3 Å². The van der Waals surface area contributed by atoms with Crippen molar-refractivity contribution in [3.8, 4) is 11.5 Å². The summed E-state index contributed by atoms with van der Waals surface area (Å²) >= 11 is 0. The Balaban J connectivity index is 1.67. The molecule has 1 unspecified atom stereocenters. The van der Waals surface area contributed by atoms with Crippen LogP contribution in [0.15, 0.2) is 54.6 Å². The van der Waals surface area contributed by atoms with Crippen molar-refractivity contribution in [1.29, 1.82) is 0 Å². The van der Waals surface area contributed by atoms with E-state index < -0.39 is 0 Å². The minimum atomic E-state index is -0.202. The first-order valence-electron chi connectivity index (χ1n) is 12.1. The second-order valence-electron chi connectivity index (χ2n) is 9.30. The van der Waals surface area contributed by atoms with E-state index >= 15 is 0 Å². The van der Waals surface area contributed by atoms with Gasteiger partial charge in [-0.05, 0) is 54.2 Å². The van der Waals surface area contributed by atoms with E-state index in [1.807, 2.05) is 36.4 Å². The predicted octanol–water partition coefficient (Wildman–Crippen LogP) is 7.57. The molecule has 1 aliphatic rings. The van der Waals surface area contributed by atoms with Crippen molar-refractivity contribution in [2.45, 2.75) is 59.3 Å². The van der Waals surface area contributed by atoms with Gasteiger partial charge >= 0.3 is 0 Å². The molecule has 1 heterocycles. The molecule has 0 saturated heterocycles. The van der Waals surface area contributed by atoms with Crippen molar-refractivity contribution in [3.63, 3.8) is 0 Å². The van der Waals surface area contributed by atoms with Crippen LogP contribution in [0.25, 0.3) is 10.8 Å². The SMILES string of the molecule is CCCCC(CC)CN1C(=O)c2cccc3c(Oc4ccc(C(C)C)cc4)ccc(c23)C1=O. The van der Waals surface area contributed by atoms with Crippen LogP contribution < -0.4 is 4.74 Å². The number of imide groups is 1.